The Bertz CT molecular complexity index is 293. The summed E-state index contributed by atoms with van der Waals surface area (Å²) in [5.74, 6) is -20.3. The standard InChI is InChI=1S/C5F9OS/c6-2(7,1(15)16)3(8,9)4(10,11)5(12,13)14. The SMILES string of the molecule is O=C([S])C(F)(F)C(F)(F)C(F)(F)C(F)(F)F. The fourth-order valence-corrected chi connectivity index (χ4v) is 0.632. The molecule has 0 fully saturated rings. The molecule has 0 rings (SSSR count). The number of carbonyl (C=O) groups excluding carboxylic acids is 1. The molecule has 0 aromatic carbocycles. The molecule has 0 heterocycles. The smallest absolute Gasteiger partial charge is 0.275 e. The van der Waals surface area contributed by atoms with E-state index in [1.165, 1.54) is 0 Å². The normalized spacial score (nSPS) is 15.1. The quantitative estimate of drug-likeness (QED) is 0.725. The zero-order valence-corrected chi connectivity index (χ0v) is 7.53. The van der Waals surface area contributed by atoms with Crippen molar-refractivity contribution in [3.63, 3.8) is 0 Å². The zero-order chi connectivity index (χ0) is 13.6. The molecule has 1 nitrogen and oxygen atoms in total. The molecule has 0 spiro atoms. The van der Waals surface area contributed by atoms with Gasteiger partial charge in [0.15, 0.2) is 0 Å². The fraction of sp³-hybridized carbons (Fsp3) is 0.800. The third-order valence-corrected chi connectivity index (χ3v) is 1.66. The molecule has 0 bridgehead atoms. The van der Waals surface area contributed by atoms with E-state index in [1.54, 1.807) is 0 Å². The molecule has 11 heteroatoms. The molecule has 0 atom stereocenters. The third-order valence-electron chi connectivity index (χ3n) is 1.40. The summed E-state index contributed by atoms with van der Waals surface area (Å²) in [7, 11) is 0. The first-order valence-corrected chi connectivity index (χ1v) is 3.52. The predicted molar refractivity (Wildman–Crippen MR) is 33.5 cm³/mol. The Kier molecular flexibility index (Phi) is 3.47. The number of hydrogen-bond acceptors (Lipinski definition) is 1. The van der Waals surface area contributed by atoms with E-state index in [0.717, 1.165) is 0 Å². The van der Waals surface area contributed by atoms with E-state index in [0.29, 0.717) is 0 Å². The summed E-state index contributed by atoms with van der Waals surface area (Å²) < 4.78 is 107. The van der Waals surface area contributed by atoms with Crippen molar-refractivity contribution in [3.05, 3.63) is 0 Å². The van der Waals surface area contributed by atoms with Crippen molar-refractivity contribution in [2.45, 2.75) is 23.9 Å². The summed E-state index contributed by atoms with van der Waals surface area (Å²) in [6, 6.07) is 0. The van der Waals surface area contributed by atoms with Crippen molar-refractivity contribution >= 4 is 17.7 Å². The second-order valence-corrected chi connectivity index (χ2v) is 2.88. The lowest BCUT2D eigenvalue weighted by Crippen LogP contribution is -2.62. The molecular weight excluding hydrogens is 279 g/mol. The van der Waals surface area contributed by atoms with Crippen LogP contribution in [0, 0.1) is 0 Å². The first kappa shape index (κ1) is 15.3. The number of hydrogen-bond donors (Lipinski definition) is 0. The minimum Gasteiger partial charge on any atom is -0.275 e. The number of halogens is 9. The first-order valence-electron chi connectivity index (χ1n) is 3.11. The van der Waals surface area contributed by atoms with Crippen molar-refractivity contribution in [1.29, 1.82) is 0 Å². The van der Waals surface area contributed by atoms with Gasteiger partial charge in [0, 0.05) is 0 Å². The monoisotopic (exact) mass is 279 g/mol. The Morgan fingerprint density at radius 1 is 0.750 bits per heavy atom. The predicted octanol–water partition coefficient (Wildman–Crippen LogP) is 3.18. The van der Waals surface area contributed by atoms with Crippen LogP contribution in [-0.4, -0.2) is 29.1 Å². The van der Waals surface area contributed by atoms with E-state index in [9.17, 15) is 44.3 Å². The van der Waals surface area contributed by atoms with Gasteiger partial charge >= 0.3 is 23.9 Å². The van der Waals surface area contributed by atoms with Crippen LogP contribution in [0.4, 0.5) is 39.5 Å². The van der Waals surface area contributed by atoms with Crippen LogP contribution in [0.1, 0.15) is 0 Å². The molecule has 0 saturated heterocycles. The lowest BCUT2D eigenvalue weighted by Gasteiger charge is -2.31. The second kappa shape index (κ2) is 3.64. The zero-order valence-electron chi connectivity index (χ0n) is 6.72. The van der Waals surface area contributed by atoms with Gasteiger partial charge in [-0.1, -0.05) is 0 Å². The van der Waals surface area contributed by atoms with Crippen molar-refractivity contribution in [1.82, 2.24) is 0 Å². The van der Waals surface area contributed by atoms with Crippen molar-refractivity contribution < 1.29 is 44.3 Å². The van der Waals surface area contributed by atoms with E-state index in [-0.39, 0.29) is 0 Å². The molecule has 0 aromatic heterocycles. The summed E-state index contributed by atoms with van der Waals surface area (Å²) in [6.07, 6.45) is -6.94. The average molecular weight is 279 g/mol. The van der Waals surface area contributed by atoms with Gasteiger partial charge in [0.05, 0.1) is 0 Å². The molecule has 1 radical (unpaired) electrons. The Hall–Kier alpha value is -0.740. The van der Waals surface area contributed by atoms with Crippen LogP contribution in [0.2, 0.25) is 0 Å². The van der Waals surface area contributed by atoms with E-state index in [2.05, 4.69) is 12.6 Å². The van der Waals surface area contributed by atoms with E-state index >= 15 is 0 Å². The minimum atomic E-state index is -7.07. The molecule has 95 valence electrons. The Labute approximate surface area is 87.0 Å². The van der Waals surface area contributed by atoms with E-state index in [4.69, 9.17) is 0 Å². The maximum atomic E-state index is 12.2. The molecule has 16 heavy (non-hydrogen) atoms. The molecule has 0 aliphatic heterocycles. The van der Waals surface area contributed by atoms with Crippen molar-refractivity contribution in [3.8, 4) is 0 Å². The summed E-state index contributed by atoms with van der Waals surface area (Å²) in [6.45, 7) is 0. The maximum Gasteiger partial charge on any atom is 0.460 e. The highest BCUT2D eigenvalue weighted by atomic mass is 32.1. The van der Waals surface area contributed by atoms with Crippen LogP contribution in [0.25, 0.3) is 0 Å². The number of rotatable bonds is 3. The summed E-state index contributed by atoms with van der Waals surface area (Å²) >= 11 is 2.99. The van der Waals surface area contributed by atoms with E-state index < -0.39 is 29.1 Å². The van der Waals surface area contributed by atoms with Crippen LogP contribution < -0.4 is 0 Å². The molecule has 0 N–H and O–H groups in total. The highest BCUT2D eigenvalue weighted by Gasteiger charge is 2.83. The van der Waals surface area contributed by atoms with Gasteiger partial charge in [0.2, 0.25) is 0 Å². The van der Waals surface area contributed by atoms with Crippen LogP contribution >= 0.6 is 12.6 Å². The first-order chi connectivity index (χ1) is 6.69. The summed E-state index contributed by atoms with van der Waals surface area (Å²) in [5, 5.41) is -3.21. The van der Waals surface area contributed by atoms with Gasteiger partial charge in [-0.2, -0.15) is 39.5 Å². The lowest BCUT2D eigenvalue weighted by molar-refractivity contribution is -0.387. The molecule has 0 aromatic rings. The van der Waals surface area contributed by atoms with Crippen LogP contribution in [0.5, 0.6) is 0 Å². The molecule has 0 amide bonds. The summed E-state index contributed by atoms with van der Waals surface area (Å²) in [5.41, 5.74) is 0. The van der Waals surface area contributed by atoms with Gasteiger partial charge in [-0.05, 0) is 12.6 Å². The van der Waals surface area contributed by atoms with Crippen LogP contribution in [-0.2, 0) is 4.79 Å². The van der Waals surface area contributed by atoms with Gasteiger partial charge in [0.1, 0.15) is 0 Å². The number of carbonyl (C=O) groups is 1. The average Bonchev–Trinajstić information content (AvgIpc) is 2.00. The molecule has 0 aliphatic rings. The van der Waals surface area contributed by atoms with Gasteiger partial charge in [0.25, 0.3) is 5.12 Å². The van der Waals surface area contributed by atoms with Crippen molar-refractivity contribution in [2.75, 3.05) is 0 Å². The van der Waals surface area contributed by atoms with Crippen molar-refractivity contribution in [2.24, 2.45) is 0 Å². The molecular formula is C5F9OS. The summed E-state index contributed by atoms with van der Waals surface area (Å²) in [4.78, 5) is 9.77. The second-order valence-electron chi connectivity index (χ2n) is 2.51. The van der Waals surface area contributed by atoms with Crippen LogP contribution in [0.3, 0.4) is 0 Å². The third kappa shape index (κ3) is 1.92. The molecule has 0 aliphatic carbocycles. The maximum absolute atomic E-state index is 12.2. The topological polar surface area (TPSA) is 17.1 Å². The Balaban J connectivity index is 5.62. The van der Waals surface area contributed by atoms with Gasteiger partial charge in [-0.3, -0.25) is 4.79 Å². The Morgan fingerprint density at radius 3 is 1.25 bits per heavy atom. The van der Waals surface area contributed by atoms with E-state index in [1.807, 2.05) is 0 Å². The minimum absolute atomic E-state index is 2.99. The highest BCUT2D eigenvalue weighted by molar-refractivity contribution is 7.96. The fourth-order valence-electron chi connectivity index (χ4n) is 0.503. The van der Waals surface area contributed by atoms with Gasteiger partial charge < -0.3 is 0 Å². The van der Waals surface area contributed by atoms with Crippen LogP contribution in [0.15, 0.2) is 0 Å². The molecule has 0 saturated carbocycles. The Morgan fingerprint density at radius 2 is 1.06 bits per heavy atom. The molecule has 0 unspecified atom stereocenters. The van der Waals surface area contributed by atoms with Gasteiger partial charge in [-0.25, -0.2) is 0 Å². The lowest BCUT2D eigenvalue weighted by atomic mass is 10.1. The number of alkyl halides is 9. The largest absolute Gasteiger partial charge is 0.460 e. The highest BCUT2D eigenvalue weighted by Crippen LogP contribution is 2.53. The van der Waals surface area contributed by atoms with Gasteiger partial charge in [-0.15, -0.1) is 0 Å².